The number of nitro groups is 1. The second kappa shape index (κ2) is 7.94. The van der Waals surface area contributed by atoms with E-state index in [1.807, 2.05) is 0 Å². The van der Waals surface area contributed by atoms with Gasteiger partial charge >= 0.3 is 0 Å². The zero-order valence-electron chi connectivity index (χ0n) is 13.7. The van der Waals surface area contributed by atoms with Crippen LogP contribution in [0.2, 0.25) is 5.02 Å². The third-order valence-corrected chi connectivity index (χ3v) is 3.97. The third-order valence-electron chi connectivity index (χ3n) is 3.65. The van der Waals surface area contributed by atoms with Gasteiger partial charge in [-0.3, -0.25) is 14.9 Å². The molecular formula is C17H16ClFN2O4. The van der Waals surface area contributed by atoms with E-state index in [1.54, 1.807) is 13.0 Å². The Morgan fingerprint density at radius 2 is 2.04 bits per heavy atom. The second-order valence-corrected chi connectivity index (χ2v) is 5.62. The molecule has 2 rings (SSSR count). The molecule has 0 aromatic heterocycles. The predicted molar refractivity (Wildman–Crippen MR) is 91.5 cm³/mol. The highest BCUT2D eigenvalue weighted by Gasteiger charge is 2.20. The molecule has 0 aliphatic rings. The molecule has 0 aliphatic carbocycles. The number of halogens is 2. The Balaban J connectivity index is 2.24. The zero-order chi connectivity index (χ0) is 18.6. The van der Waals surface area contributed by atoms with Gasteiger partial charge in [0.05, 0.1) is 22.6 Å². The number of amides is 1. The first kappa shape index (κ1) is 18.7. The highest BCUT2D eigenvalue weighted by molar-refractivity contribution is 6.34. The van der Waals surface area contributed by atoms with Crippen LogP contribution in [0.3, 0.4) is 0 Å². The van der Waals surface area contributed by atoms with E-state index in [0.717, 1.165) is 6.07 Å². The topological polar surface area (TPSA) is 72.7 Å². The number of methoxy groups -OCH3 is 1. The van der Waals surface area contributed by atoms with E-state index in [9.17, 15) is 19.3 Å². The van der Waals surface area contributed by atoms with Crippen LogP contribution in [0.4, 0.5) is 10.1 Å². The summed E-state index contributed by atoms with van der Waals surface area (Å²) in [7, 11) is 1.37. The summed E-state index contributed by atoms with van der Waals surface area (Å²) in [6.45, 7) is 2.31. The van der Waals surface area contributed by atoms with Gasteiger partial charge in [-0.25, -0.2) is 4.39 Å². The molecule has 0 aliphatic heterocycles. The molecule has 0 N–H and O–H groups in total. The van der Waals surface area contributed by atoms with Crippen molar-refractivity contribution in [3.05, 3.63) is 68.5 Å². The summed E-state index contributed by atoms with van der Waals surface area (Å²) >= 11 is 6.01. The van der Waals surface area contributed by atoms with E-state index < -0.39 is 16.6 Å². The van der Waals surface area contributed by atoms with E-state index >= 15 is 0 Å². The first-order valence-corrected chi connectivity index (χ1v) is 7.80. The molecule has 0 radical (unpaired) electrons. The lowest BCUT2D eigenvalue weighted by molar-refractivity contribution is -0.384. The maximum absolute atomic E-state index is 13.8. The van der Waals surface area contributed by atoms with Crippen LogP contribution in [0.5, 0.6) is 5.75 Å². The van der Waals surface area contributed by atoms with Gasteiger partial charge in [0.25, 0.3) is 11.6 Å². The van der Waals surface area contributed by atoms with Gasteiger partial charge in [-0.05, 0) is 30.7 Å². The fourth-order valence-electron chi connectivity index (χ4n) is 2.32. The SMILES string of the molecule is CCN(Cc1ccc(OC)c(F)c1)C(=O)c1ccc([N+](=O)[O-])cc1Cl. The van der Waals surface area contributed by atoms with E-state index in [0.29, 0.717) is 12.1 Å². The van der Waals surface area contributed by atoms with Crippen molar-refractivity contribution in [1.82, 2.24) is 4.90 Å². The van der Waals surface area contributed by atoms with Gasteiger partial charge in [0.1, 0.15) is 0 Å². The molecule has 0 atom stereocenters. The lowest BCUT2D eigenvalue weighted by atomic mass is 10.1. The van der Waals surface area contributed by atoms with Gasteiger partial charge in [-0.1, -0.05) is 17.7 Å². The number of ether oxygens (including phenoxy) is 1. The summed E-state index contributed by atoms with van der Waals surface area (Å²) < 4.78 is 18.7. The van der Waals surface area contributed by atoms with E-state index in [1.165, 1.54) is 36.3 Å². The van der Waals surface area contributed by atoms with E-state index in [4.69, 9.17) is 16.3 Å². The normalized spacial score (nSPS) is 10.4. The molecule has 0 spiro atoms. The number of non-ortho nitro benzene ring substituents is 1. The van der Waals surface area contributed by atoms with Crippen molar-refractivity contribution in [2.24, 2.45) is 0 Å². The molecule has 2 aromatic carbocycles. The van der Waals surface area contributed by atoms with Crippen LogP contribution in [-0.2, 0) is 6.54 Å². The molecule has 0 bridgehead atoms. The van der Waals surface area contributed by atoms with Crippen molar-refractivity contribution in [3.8, 4) is 5.75 Å². The van der Waals surface area contributed by atoms with Crippen LogP contribution in [0.1, 0.15) is 22.8 Å². The van der Waals surface area contributed by atoms with Crippen LogP contribution in [0.25, 0.3) is 0 Å². The number of benzene rings is 2. The number of carbonyl (C=O) groups is 1. The summed E-state index contributed by atoms with van der Waals surface area (Å²) in [5.74, 6) is -0.785. The first-order chi connectivity index (χ1) is 11.9. The Morgan fingerprint density at radius 1 is 1.32 bits per heavy atom. The van der Waals surface area contributed by atoms with Gasteiger partial charge in [0.2, 0.25) is 0 Å². The number of nitrogens with zero attached hydrogens (tertiary/aromatic N) is 2. The van der Waals surface area contributed by atoms with Crippen LogP contribution in [-0.4, -0.2) is 29.4 Å². The molecular weight excluding hydrogens is 351 g/mol. The Morgan fingerprint density at radius 3 is 2.56 bits per heavy atom. The molecule has 6 nitrogen and oxygen atoms in total. The maximum Gasteiger partial charge on any atom is 0.270 e. The van der Waals surface area contributed by atoms with Crippen LogP contribution >= 0.6 is 11.6 Å². The lowest BCUT2D eigenvalue weighted by Gasteiger charge is -2.22. The third kappa shape index (κ3) is 4.24. The average molecular weight is 367 g/mol. The summed E-state index contributed by atoms with van der Waals surface area (Å²) in [5, 5.41) is 10.8. The second-order valence-electron chi connectivity index (χ2n) is 5.21. The minimum atomic E-state index is -0.585. The van der Waals surface area contributed by atoms with Crippen molar-refractivity contribution in [1.29, 1.82) is 0 Å². The summed E-state index contributed by atoms with van der Waals surface area (Å²) in [6.07, 6.45) is 0. The number of nitro benzene ring substituents is 1. The monoisotopic (exact) mass is 366 g/mol. The smallest absolute Gasteiger partial charge is 0.270 e. The Hall–Kier alpha value is -2.67. The molecule has 2 aromatic rings. The van der Waals surface area contributed by atoms with Crippen LogP contribution < -0.4 is 4.74 Å². The minimum Gasteiger partial charge on any atom is -0.494 e. The molecule has 0 heterocycles. The molecule has 8 heteroatoms. The van der Waals surface area contributed by atoms with Crippen molar-refractivity contribution >= 4 is 23.2 Å². The van der Waals surface area contributed by atoms with Crippen molar-refractivity contribution in [3.63, 3.8) is 0 Å². The average Bonchev–Trinajstić information content (AvgIpc) is 2.59. The highest BCUT2D eigenvalue weighted by atomic mass is 35.5. The van der Waals surface area contributed by atoms with E-state index in [2.05, 4.69) is 0 Å². The predicted octanol–water partition coefficient (Wildman–Crippen LogP) is 4.06. The van der Waals surface area contributed by atoms with Crippen LogP contribution in [0, 0.1) is 15.9 Å². The first-order valence-electron chi connectivity index (χ1n) is 7.43. The van der Waals surface area contributed by atoms with Crippen molar-refractivity contribution in [2.45, 2.75) is 13.5 Å². The van der Waals surface area contributed by atoms with Crippen molar-refractivity contribution < 1.29 is 18.8 Å². The van der Waals surface area contributed by atoms with Gasteiger partial charge in [-0.2, -0.15) is 0 Å². The summed E-state index contributed by atoms with van der Waals surface area (Å²) in [5.41, 5.74) is 0.552. The van der Waals surface area contributed by atoms with Gasteiger partial charge in [0.15, 0.2) is 11.6 Å². The highest BCUT2D eigenvalue weighted by Crippen LogP contribution is 2.25. The Bertz CT molecular complexity index is 813. The van der Waals surface area contributed by atoms with Crippen LogP contribution in [0.15, 0.2) is 36.4 Å². The molecule has 25 heavy (non-hydrogen) atoms. The number of rotatable bonds is 6. The fourth-order valence-corrected chi connectivity index (χ4v) is 2.57. The molecule has 0 unspecified atom stereocenters. The molecule has 0 saturated carbocycles. The standard InChI is InChI=1S/C17H16ClFN2O4/c1-3-20(10-11-4-7-16(25-2)15(19)8-11)17(22)13-6-5-12(21(23)24)9-14(13)18/h4-9H,3,10H2,1-2H3. The molecule has 0 fully saturated rings. The summed E-state index contributed by atoms with van der Waals surface area (Å²) in [6, 6.07) is 8.12. The van der Waals surface area contributed by atoms with E-state index in [-0.39, 0.29) is 28.6 Å². The minimum absolute atomic E-state index is 0.00133. The zero-order valence-corrected chi connectivity index (χ0v) is 14.4. The summed E-state index contributed by atoms with van der Waals surface area (Å²) in [4.78, 5) is 24.3. The van der Waals surface area contributed by atoms with Gasteiger partial charge < -0.3 is 9.64 Å². The fraction of sp³-hybridized carbons (Fsp3) is 0.235. The Labute approximate surface area is 148 Å². The molecule has 1 amide bonds. The Kier molecular flexibility index (Phi) is 5.93. The molecule has 132 valence electrons. The lowest BCUT2D eigenvalue weighted by Crippen LogP contribution is -2.30. The van der Waals surface area contributed by atoms with Gasteiger partial charge in [0, 0.05) is 25.2 Å². The number of carbonyl (C=O) groups excluding carboxylic acids is 1. The van der Waals surface area contributed by atoms with Gasteiger partial charge in [-0.15, -0.1) is 0 Å². The molecule has 0 saturated heterocycles. The quantitative estimate of drug-likeness (QED) is 0.571. The number of hydrogen-bond acceptors (Lipinski definition) is 4. The largest absolute Gasteiger partial charge is 0.494 e. The maximum atomic E-state index is 13.8. The van der Waals surface area contributed by atoms with Crippen molar-refractivity contribution in [2.75, 3.05) is 13.7 Å². The number of hydrogen-bond donors (Lipinski definition) is 0.